The molecule has 1 N–H and O–H groups in total. The van der Waals surface area contributed by atoms with E-state index in [4.69, 9.17) is 0 Å². The number of halogens is 1. The molecule has 10 heavy (non-hydrogen) atoms. The van der Waals surface area contributed by atoms with Crippen molar-refractivity contribution in [2.24, 2.45) is 17.8 Å². The first-order chi connectivity index (χ1) is 4.81. The smallest absolute Gasteiger partial charge is 0.0574 e. The number of aliphatic hydroxyl groups excluding tert-OH is 1. The second kappa shape index (κ2) is 2.49. The SMILES string of the molecule is O[C@H]1C[C@@H]2C[C@H](CBr)[C@@H]1C2. The van der Waals surface area contributed by atoms with Crippen molar-refractivity contribution in [3.63, 3.8) is 0 Å². The van der Waals surface area contributed by atoms with Crippen LogP contribution in [-0.2, 0) is 0 Å². The molecule has 0 amide bonds. The minimum atomic E-state index is 0.0290. The molecular weight excluding hydrogens is 192 g/mol. The highest BCUT2D eigenvalue weighted by atomic mass is 79.9. The van der Waals surface area contributed by atoms with Gasteiger partial charge in [0, 0.05) is 5.33 Å². The zero-order valence-corrected chi connectivity index (χ0v) is 7.55. The summed E-state index contributed by atoms with van der Waals surface area (Å²) in [7, 11) is 0. The first-order valence-corrected chi connectivity index (χ1v) is 5.17. The summed E-state index contributed by atoms with van der Waals surface area (Å²) in [6.45, 7) is 0. The third-order valence-electron chi connectivity index (χ3n) is 3.11. The molecule has 0 aromatic rings. The van der Waals surface area contributed by atoms with Crippen molar-refractivity contribution >= 4 is 15.9 Å². The van der Waals surface area contributed by atoms with Crippen molar-refractivity contribution in [3.05, 3.63) is 0 Å². The minimum absolute atomic E-state index is 0.0290. The molecule has 2 rings (SSSR count). The van der Waals surface area contributed by atoms with Gasteiger partial charge in [-0.2, -0.15) is 0 Å². The molecule has 0 unspecified atom stereocenters. The molecule has 0 aromatic carbocycles. The minimum Gasteiger partial charge on any atom is -0.393 e. The van der Waals surface area contributed by atoms with E-state index in [1.807, 2.05) is 0 Å². The van der Waals surface area contributed by atoms with E-state index in [2.05, 4.69) is 15.9 Å². The van der Waals surface area contributed by atoms with Crippen LogP contribution in [0, 0.1) is 17.8 Å². The van der Waals surface area contributed by atoms with Crippen LogP contribution in [0.1, 0.15) is 19.3 Å². The van der Waals surface area contributed by atoms with Gasteiger partial charge in [0.2, 0.25) is 0 Å². The van der Waals surface area contributed by atoms with Crippen LogP contribution < -0.4 is 0 Å². The quantitative estimate of drug-likeness (QED) is 0.647. The summed E-state index contributed by atoms with van der Waals surface area (Å²) < 4.78 is 0. The van der Waals surface area contributed by atoms with Gasteiger partial charge in [-0.1, -0.05) is 15.9 Å². The highest BCUT2D eigenvalue weighted by molar-refractivity contribution is 9.09. The van der Waals surface area contributed by atoms with E-state index in [0.717, 1.165) is 23.6 Å². The molecule has 2 aliphatic rings. The Bertz CT molecular complexity index is 135. The van der Waals surface area contributed by atoms with E-state index in [0.29, 0.717) is 5.92 Å². The van der Waals surface area contributed by atoms with Gasteiger partial charge in [-0.05, 0) is 37.0 Å². The zero-order chi connectivity index (χ0) is 7.14. The Labute approximate surface area is 69.9 Å². The highest BCUT2D eigenvalue weighted by Gasteiger charge is 2.44. The lowest BCUT2D eigenvalue weighted by Gasteiger charge is -2.23. The molecule has 0 spiro atoms. The number of fused-ring (bicyclic) bond motifs is 2. The summed E-state index contributed by atoms with van der Waals surface area (Å²) in [5.41, 5.74) is 0. The van der Waals surface area contributed by atoms with Gasteiger partial charge in [-0.3, -0.25) is 0 Å². The first-order valence-electron chi connectivity index (χ1n) is 4.05. The number of hydrogen-bond acceptors (Lipinski definition) is 1. The van der Waals surface area contributed by atoms with Crippen molar-refractivity contribution < 1.29 is 5.11 Å². The molecule has 0 heterocycles. The lowest BCUT2D eigenvalue weighted by atomic mass is 9.88. The average molecular weight is 205 g/mol. The van der Waals surface area contributed by atoms with Crippen molar-refractivity contribution in [3.8, 4) is 0 Å². The Hall–Kier alpha value is 0.440. The zero-order valence-electron chi connectivity index (χ0n) is 5.96. The average Bonchev–Trinajstić information content (AvgIpc) is 2.44. The predicted molar refractivity (Wildman–Crippen MR) is 44.1 cm³/mol. The van der Waals surface area contributed by atoms with Crippen molar-refractivity contribution in [1.82, 2.24) is 0 Å². The maximum absolute atomic E-state index is 9.50. The lowest BCUT2D eigenvalue weighted by Crippen LogP contribution is -2.24. The molecule has 0 saturated heterocycles. The molecular formula is C8H13BrO. The molecule has 0 aromatic heterocycles. The fourth-order valence-corrected chi connectivity index (χ4v) is 3.38. The maximum Gasteiger partial charge on any atom is 0.0574 e. The Balaban J connectivity index is 2.06. The third-order valence-corrected chi connectivity index (χ3v) is 3.95. The van der Waals surface area contributed by atoms with Crippen molar-refractivity contribution in [1.29, 1.82) is 0 Å². The van der Waals surface area contributed by atoms with E-state index >= 15 is 0 Å². The topological polar surface area (TPSA) is 20.2 Å². The lowest BCUT2D eigenvalue weighted by molar-refractivity contribution is 0.0882. The van der Waals surface area contributed by atoms with Gasteiger partial charge in [0.05, 0.1) is 6.10 Å². The van der Waals surface area contributed by atoms with Crippen LogP contribution in [0.25, 0.3) is 0 Å². The van der Waals surface area contributed by atoms with Crippen LogP contribution in [0.4, 0.5) is 0 Å². The van der Waals surface area contributed by atoms with Gasteiger partial charge >= 0.3 is 0 Å². The van der Waals surface area contributed by atoms with Crippen LogP contribution >= 0.6 is 15.9 Å². The molecule has 2 fully saturated rings. The summed E-state index contributed by atoms with van der Waals surface area (Å²) in [5, 5.41) is 10.6. The standard InChI is InChI=1S/C8H13BrO/c9-4-6-1-5-2-7(6)8(10)3-5/h5-8,10H,1-4H2/t5-,6-,7+,8+/m1/s1. The van der Waals surface area contributed by atoms with Crippen LogP contribution in [0.15, 0.2) is 0 Å². The van der Waals surface area contributed by atoms with Gasteiger partial charge in [0.15, 0.2) is 0 Å². The molecule has 58 valence electrons. The molecule has 1 nitrogen and oxygen atoms in total. The molecule has 0 aliphatic heterocycles. The van der Waals surface area contributed by atoms with Gasteiger partial charge in [0.25, 0.3) is 0 Å². The fraction of sp³-hybridized carbons (Fsp3) is 1.00. The monoisotopic (exact) mass is 204 g/mol. The summed E-state index contributed by atoms with van der Waals surface area (Å²) in [6.07, 6.45) is 3.75. The highest BCUT2D eigenvalue weighted by Crippen LogP contribution is 2.48. The van der Waals surface area contributed by atoms with Crippen LogP contribution in [0.3, 0.4) is 0 Å². The Kier molecular flexibility index (Phi) is 1.77. The molecule has 2 heteroatoms. The van der Waals surface area contributed by atoms with Gasteiger partial charge in [0.1, 0.15) is 0 Å². The summed E-state index contributed by atoms with van der Waals surface area (Å²) in [5.74, 6) is 2.25. The molecule has 0 radical (unpaired) electrons. The van der Waals surface area contributed by atoms with Crippen LogP contribution in [0.2, 0.25) is 0 Å². The second-order valence-corrected chi connectivity index (χ2v) is 4.37. The van der Waals surface area contributed by atoms with Crippen LogP contribution in [-0.4, -0.2) is 16.5 Å². The van der Waals surface area contributed by atoms with Gasteiger partial charge < -0.3 is 5.11 Å². The largest absolute Gasteiger partial charge is 0.393 e. The van der Waals surface area contributed by atoms with E-state index in [-0.39, 0.29) is 6.10 Å². The summed E-state index contributed by atoms with van der Waals surface area (Å²) in [4.78, 5) is 0. The van der Waals surface area contributed by atoms with E-state index in [1.54, 1.807) is 0 Å². The van der Waals surface area contributed by atoms with E-state index in [1.165, 1.54) is 12.8 Å². The normalized spacial score (nSPS) is 52.2. The van der Waals surface area contributed by atoms with E-state index in [9.17, 15) is 5.11 Å². The van der Waals surface area contributed by atoms with E-state index < -0.39 is 0 Å². The third kappa shape index (κ3) is 0.928. The number of aliphatic hydroxyl groups is 1. The number of hydrogen-bond donors (Lipinski definition) is 1. The first kappa shape index (κ1) is 7.11. The molecule has 2 saturated carbocycles. The van der Waals surface area contributed by atoms with Crippen LogP contribution in [0.5, 0.6) is 0 Å². The van der Waals surface area contributed by atoms with Gasteiger partial charge in [-0.15, -0.1) is 0 Å². The maximum atomic E-state index is 9.50. The Morgan fingerprint density at radius 3 is 2.50 bits per heavy atom. The number of rotatable bonds is 1. The van der Waals surface area contributed by atoms with Gasteiger partial charge in [-0.25, -0.2) is 0 Å². The molecule has 2 bridgehead atoms. The molecule has 2 aliphatic carbocycles. The van der Waals surface area contributed by atoms with Crippen molar-refractivity contribution in [2.45, 2.75) is 25.4 Å². The Morgan fingerprint density at radius 2 is 2.10 bits per heavy atom. The van der Waals surface area contributed by atoms with Crippen molar-refractivity contribution in [2.75, 3.05) is 5.33 Å². The summed E-state index contributed by atoms with van der Waals surface area (Å²) >= 11 is 3.49. The second-order valence-electron chi connectivity index (χ2n) is 3.72. The fourth-order valence-electron chi connectivity index (χ4n) is 2.63. The predicted octanol–water partition coefficient (Wildman–Crippen LogP) is 1.79. The molecule has 4 atom stereocenters. The number of alkyl halides is 1. The Morgan fingerprint density at radius 1 is 1.30 bits per heavy atom. The summed E-state index contributed by atoms with van der Waals surface area (Å²) in [6, 6.07) is 0.